The van der Waals surface area contributed by atoms with Gasteiger partial charge in [0.2, 0.25) is 0 Å². The highest BCUT2D eigenvalue weighted by molar-refractivity contribution is 6.09. The molecule has 0 bridgehead atoms. The van der Waals surface area contributed by atoms with Gasteiger partial charge in [-0.2, -0.15) is 0 Å². The Labute approximate surface area is 167 Å². The Morgan fingerprint density at radius 3 is 2.36 bits per heavy atom. The average Bonchev–Trinajstić information content (AvgIpc) is 2.75. The molecule has 2 aromatic carbocycles. The van der Waals surface area contributed by atoms with Crippen LogP contribution in [0.2, 0.25) is 0 Å². The molecule has 2 amide bonds. The Hall–Kier alpha value is -2.82. The van der Waals surface area contributed by atoms with Gasteiger partial charge in [-0.15, -0.1) is 0 Å². The summed E-state index contributed by atoms with van der Waals surface area (Å²) >= 11 is 0. The molecule has 0 unspecified atom stereocenters. The fourth-order valence-corrected chi connectivity index (χ4v) is 3.43. The van der Waals surface area contributed by atoms with Crippen LogP contribution in [0.15, 0.2) is 48.5 Å². The topological polar surface area (TPSA) is 61.4 Å². The summed E-state index contributed by atoms with van der Waals surface area (Å²) in [5.74, 6) is -0.371. The van der Waals surface area contributed by atoms with Gasteiger partial charge in [0.25, 0.3) is 11.8 Å². The van der Waals surface area contributed by atoms with E-state index in [9.17, 15) is 9.59 Å². The van der Waals surface area contributed by atoms with Gasteiger partial charge in [-0.3, -0.25) is 9.59 Å². The van der Waals surface area contributed by atoms with Gasteiger partial charge in [0, 0.05) is 30.9 Å². The monoisotopic (exact) mass is 379 g/mol. The Balaban J connectivity index is 1.66. The number of nitrogens with zero attached hydrogens (tertiary/aromatic N) is 1. The minimum absolute atomic E-state index is 0.162. The number of para-hydroxylation sites is 1. The number of piperidine rings is 1. The number of hydrogen-bond donors (Lipinski definition) is 2. The first-order valence-corrected chi connectivity index (χ1v) is 10.2. The van der Waals surface area contributed by atoms with Gasteiger partial charge < -0.3 is 15.5 Å². The predicted molar refractivity (Wildman–Crippen MR) is 114 cm³/mol. The van der Waals surface area contributed by atoms with Crippen LogP contribution in [0.4, 0.5) is 11.4 Å². The second-order valence-corrected chi connectivity index (χ2v) is 7.20. The van der Waals surface area contributed by atoms with Crippen molar-refractivity contribution in [3.63, 3.8) is 0 Å². The lowest BCUT2D eigenvalue weighted by Gasteiger charge is -2.28. The second kappa shape index (κ2) is 9.93. The van der Waals surface area contributed by atoms with Crippen molar-refractivity contribution < 1.29 is 9.59 Å². The minimum Gasteiger partial charge on any atom is -0.372 e. The standard InChI is InChI=1S/C23H29N3O2/c1-2-3-15-24-23(28)20-9-5-6-10-21(20)25-22(27)18-11-13-19(14-12-18)26-16-7-4-8-17-26/h5-6,9-14H,2-4,7-8,15-17H2,1H3,(H,24,28)(H,25,27). The van der Waals surface area contributed by atoms with E-state index in [4.69, 9.17) is 0 Å². The largest absolute Gasteiger partial charge is 0.372 e. The summed E-state index contributed by atoms with van der Waals surface area (Å²) in [5.41, 5.74) is 2.76. The molecule has 0 saturated carbocycles. The van der Waals surface area contributed by atoms with Gasteiger partial charge in [-0.05, 0) is 62.1 Å². The molecule has 1 saturated heterocycles. The van der Waals surface area contributed by atoms with Gasteiger partial charge >= 0.3 is 0 Å². The Morgan fingerprint density at radius 2 is 1.64 bits per heavy atom. The molecule has 1 fully saturated rings. The fourth-order valence-electron chi connectivity index (χ4n) is 3.43. The molecule has 0 atom stereocenters. The van der Waals surface area contributed by atoms with Crippen LogP contribution < -0.4 is 15.5 Å². The van der Waals surface area contributed by atoms with Gasteiger partial charge in [-0.25, -0.2) is 0 Å². The third-order valence-corrected chi connectivity index (χ3v) is 5.09. The van der Waals surface area contributed by atoms with Crippen molar-refractivity contribution in [2.75, 3.05) is 29.9 Å². The van der Waals surface area contributed by atoms with Crippen LogP contribution in [0.25, 0.3) is 0 Å². The Bertz CT molecular complexity index is 796. The number of carbonyl (C=O) groups excluding carboxylic acids is 2. The summed E-state index contributed by atoms with van der Waals surface area (Å²) in [4.78, 5) is 27.5. The number of amides is 2. The predicted octanol–water partition coefficient (Wildman–Crippen LogP) is 4.46. The summed E-state index contributed by atoms with van der Waals surface area (Å²) in [7, 11) is 0. The van der Waals surface area contributed by atoms with E-state index in [1.54, 1.807) is 18.2 Å². The fraction of sp³-hybridized carbons (Fsp3) is 0.391. The van der Waals surface area contributed by atoms with E-state index < -0.39 is 0 Å². The van der Waals surface area contributed by atoms with E-state index in [2.05, 4.69) is 22.5 Å². The molecule has 0 aromatic heterocycles. The Kier molecular flexibility index (Phi) is 7.06. The molecule has 2 aromatic rings. The van der Waals surface area contributed by atoms with Crippen LogP contribution in [0, 0.1) is 0 Å². The normalized spacial score (nSPS) is 13.8. The zero-order valence-electron chi connectivity index (χ0n) is 16.5. The first kappa shape index (κ1) is 19.9. The minimum atomic E-state index is -0.209. The lowest BCUT2D eigenvalue weighted by molar-refractivity contribution is 0.0954. The molecule has 1 heterocycles. The van der Waals surface area contributed by atoms with Gasteiger partial charge in [0.05, 0.1) is 11.3 Å². The average molecular weight is 380 g/mol. The molecule has 5 nitrogen and oxygen atoms in total. The van der Waals surface area contributed by atoms with Gasteiger partial charge in [-0.1, -0.05) is 25.5 Å². The van der Waals surface area contributed by atoms with Crippen LogP contribution >= 0.6 is 0 Å². The maximum absolute atomic E-state index is 12.7. The summed E-state index contributed by atoms with van der Waals surface area (Å²) in [6.07, 6.45) is 5.69. The van der Waals surface area contributed by atoms with Crippen molar-refractivity contribution >= 4 is 23.2 Å². The van der Waals surface area contributed by atoms with E-state index in [1.807, 2.05) is 30.3 Å². The van der Waals surface area contributed by atoms with Crippen LogP contribution in [0.5, 0.6) is 0 Å². The molecule has 1 aliphatic heterocycles. The highest BCUT2D eigenvalue weighted by Crippen LogP contribution is 2.21. The lowest BCUT2D eigenvalue weighted by Crippen LogP contribution is -2.29. The number of carbonyl (C=O) groups is 2. The molecule has 5 heteroatoms. The van der Waals surface area contributed by atoms with Crippen LogP contribution in [0.3, 0.4) is 0 Å². The number of hydrogen-bond acceptors (Lipinski definition) is 3. The van der Waals surface area contributed by atoms with E-state index in [0.29, 0.717) is 23.4 Å². The number of unbranched alkanes of at least 4 members (excludes halogenated alkanes) is 1. The smallest absolute Gasteiger partial charge is 0.255 e. The molecule has 1 aliphatic rings. The molecular formula is C23H29N3O2. The zero-order chi connectivity index (χ0) is 19.8. The first-order chi connectivity index (χ1) is 13.7. The highest BCUT2D eigenvalue weighted by Gasteiger charge is 2.15. The number of nitrogens with one attached hydrogen (secondary N) is 2. The van der Waals surface area contributed by atoms with Crippen molar-refractivity contribution in [1.29, 1.82) is 0 Å². The van der Waals surface area contributed by atoms with Gasteiger partial charge in [0.1, 0.15) is 0 Å². The van der Waals surface area contributed by atoms with Crippen LogP contribution in [-0.2, 0) is 0 Å². The molecule has 0 radical (unpaired) electrons. The van der Waals surface area contributed by atoms with E-state index in [1.165, 1.54) is 19.3 Å². The molecule has 2 N–H and O–H groups in total. The maximum Gasteiger partial charge on any atom is 0.255 e. The second-order valence-electron chi connectivity index (χ2n) is 7.20. The summed E-state index contributed by atoms with van der Waals surface area (Å²) in [6.45, 7) is 4.87. The molecule has 148 valence electrons. The van der Waals surface area contributed by atoms with Crippen LogP contribution in [-0.4, -0.2) is 31.4 Å². The third kappa shape index (κ3) is 5.12. The zero-order valence-corrected chi connectivity index (χ0v) is 16.5. The van der Waals surface area contributed by atoms with Crippen LogP contribution in [0.1, 0.15) is 59.7 Å². The SMILES string of the molecule is CCCCNC(=O)c1ccccc1NC(=O)c1ccc(N2CCCCC2)cc1. The lowest BCUT2D eigenvalue weighted by atomic mass is 10.1. The molecule has 28 heavy (non-hydrogen) atoms. The highest BCUT2D eigenvalue weighted by atomic mass is 16.2. The van der Waals surface area contributed by atoms with E-state index >= 15 is 0 Å². The van der Waals surface area contributed by atoms with E-state index in [-0.39, 0.29) is 11.8 Å². The number of anilines is 2. The molecule has 0 spiro atoms. The first-order valence-electron chi connectivity index (χ1n) is 10.2. The van der Waals surface area contributed by atoms with E-state index in [0.717, 1.165) is 31.6 Å². The summed E-state index contributed by atoms with van der Waals surface area (Å²) < 4.78 is 0. The van der Waals surface area contributed by atoms with Gasteiger partial charge in [0.15, 0.2) is 0 Å². The molecular weight excluding hydrogens is 350 g/mol. The maximum atomic E-state index is 12.7. The number of benzene rings is 2. The Morgan fingerprint density at radius 1 is 0.929 bits per heavy atom. The van der Waals surface area contributed by atoms with Crippen molar-refractivity contribution in [3.05, 3.63) is 59.7 Å². The summed E-state index contributed by atoms with van der Waals surface area (Å²) in [6, 6.07) is 14.8. The van der Waals surface area contributed by atoms with Crippen molar-refractivity contribution in [1.82, 2.24) is 5.32 Å². The van der Waals surface area contributed by atoms with Crippen molar-refractivity contribution in [2.45, 2.75) is 39.0 Å². The summed E-state index contributed by atoms with van der Waals surface area (Å²) in [5, 5.41) is 5.79. The molecule has 0 aliphatic carbocycles. The quantitative estimate of drug-likeness (QED) is 0.698. The number of rotatable bonds is 7. The van der Waals surface area contributed by atoms with Crippen molar-refractivity contribution in [3.8, 4) is 0 Å². The molecule has 3 rings (SSSR count). The van der Waals surface area contributed by atoms with Crippen molar-refractivity contribution in [2.24, 2.45) is 0 Å². The third-order valence-electron chi connectivity index (χ3n) is 5.09.